The van der Waals surface area contributed by atoms with Crippen molar-refractivity contribution < 1.29 is 8.42 Å². The number of thioether (sulfide) groups is 1. The minimum atomic E-state index is -3.72. The van der Waals surface area contributed by atoms with E-state index in [1.807, 2.05) is 57.2 Å². The molecular weight excluding hydrogens is 438 g/mol. The Kier molecular flexibility index (Phi) is 5.28. The first kappa shape index (κ1) is 21.1. The summed E-state index contributed by atoms with van der Waals surface area (Å²) >= 11 is 1.51. The van der Waals surface area contributed by atoms with Crippen molar-refractivity contribution in [1.82, 2.24) is 14.7 Å². The molecule has 2 atom stereocenters. The molecule has 0 aliphatic heterocycles. The van der Waals surface area contributed by atoms with E-state index in [1.54, 1.807) is 12.1 Å². The van der Waals surface area contributed by atoms with Crippen LogP contribution in [0.15, 0.2) is 76.8 Å². The van der Waals surface area contributed by atoms with E-state index < -0.39 is 16.1 Å². The zero-order valence-corrected chi connectivity index (χ0v) is 19.7. The lowest BCUT2D eigenvalue weighted by atomic mass is 10.1. The van der Waals surface area contributed by atoms with E-state index in [1.165, 1.54) is 11.8 Å². The van der Waals surface area contributed by atoms with Crippen LogP contribution in [0.1, 0.15) is 39.4 Å². The zero-order valence-electron chi connectivity index (χ0n) is 18.0. The molecule has 5 rings (SSSR count). The van der Waals surface area contributed by atoms with Crippen molar-refractivity contribution in [3.05, 3.63) is 94.8 Å². The molecule has 1 aliphatic carbocycles. The number of sulfonamides is 1. The van der Waals surface area contributed by atoms with Gasteiger partial charge in [-0.1, -0.05) is 65.9 Å². The van der Waals surface area contributed by atoms with Crippen LogP contribution >= 0.6 is 11.8 Å². The van der Waals surface area contributed by atoms with Gasteiger partial charge in [0.05, 0.1) is 16.2 Å². The van der Waals surface area contributed by atoms with Crippen molar-refractivity contribution >= 4 is 32.6 Å². The van der Waals surface area contributed by atoms with Crippen molar-refractivity contribution in [3.8, 4) is 0 Å². The summed E-state index contributed by atoms with van der Waals surface area (Å²) in [6.07, 6.45) is 0. The minimum absolute atomic E-state index is 0.183. The molecule has 0 unspecified atom stereocenters. The number of aromatic nitrogens is 2. The van der Waals surface area contributed by atoms with Gasteiger partial charge in [-0.25, -0.2) is 23.1 Å². The van der Waals surface area contributed by atoms with Gasteiger partial charge >= 0.3 is 0 Å². The third-order valence-electron chi connectivity index (χ3n) is 5.72. The van der Waals surface area contributed by atoms with Gasteiger partial charge in [0.2, 0.25) is 10.0 Å². The van der Waals surface area contributed by atoms with Crippen LogP contribution < -0.4 is 4.72 Å². The van der Waals surface area contributed by atoms with Crippen molar-refractivity contribution in [1.29, 1.82) is 0 Å². The lowest BCUT2D eigenvalue weighted by Gasteiger charge is -2.22. The Morgan fingerprint density at radius 2 is 1.47 bits per heavy atom. The molecule has 0 saturated carbocycles. The summed E-state index contributed by atoms with van der Waals surface area (Å²) in [6.45, 7) is 5.83. The predicted molar refractivity (Wildman–Crippen MR) is 128 cm³/mol. The summed E-state index contributed by atoms with van der Waals surface area (Å²) in [6, 6.07) is 20.6. The molecule has 3 aromatic carbocycles. The highest BCUT2D eigenvalue weighted by molar-refractivity contribution is 7.99. The molecule has 0 bridgehead atoms. The molecule has 5 nitrogen and oxygen atoms in total. The monoisotopic (exact) mass is 461 g/mol. The molecule has 4 aromatic rings. The van der Waals surface area contributed by atoms with Crippen LogP contribution in [0, 0.1) is 20.8 Å². The molecule has 1 N–H and O–H groups in total. The van der Waals surface area contributed by atoms with Crippen LogP contribution in [-0.2, 0) is 10.0 Å². The lowest BCUT2D eigenvalue weighted by molar-refractivity contribution is 0.557. The molecule has 0 radical (unpaired) electrons. The summed E-state index contributed by atoms with van der Waals surface area (Å²) in [5, 5.41) is 2.67. The van der Waals surface area contributed by atoms with E-state index in [0.29, 0.717) is 5.16 Å². The van der Waals surface area contributed by atoms with Crippen LogP contribution in [-0.4, -0.2) is 18.4 Å². The minimum Gasteiger partial charge on any atom is -0.228 e. The normalized spacial score (nSPS) is 17.7. The Hall–Kier alpha value is -2.74. The molecule has 1 aromatic heterocycles. The Morgan fingerprint density at radius 3 is 2.12 bits per heavy atom. The Labute approximate surface area is 192 Å². The second-order valence-corrected chi connectivity index (χ2v) is 11.0. The first-order valence-corrected chi connectivity index (χ1v) is 12.8. The molecule has 0 amide bonds. The van der Waals surface area contributed by atoms with Crippen molar-refractivity contribution in [2.24, 2.45) is 0 Å². The third kappa shape index (κ3) is 3.81. The number of benzene rings is 3. The number of hydrogen-bond acceptors (Lipinski definition) is 5. The van der Waals surface area contributed by atoms with Crippen molar-refractivity contribution in [3.63, 3.8) is 0 Å². The van der Waals surface area contributed by atoms with Gasteiger partial charge in [-0.3, -0.25) is 0 Å². The van der Waals surface area contributed by atoms with E-state index >= 15 is 0 Å². The van der Waals surface area contributed by atoms with E-state index in [0.717, 1.165) is 38.9 Å². The van der Waals surface area contributed by atoms with Gasteiger partial charge in [0, 0.05) is 11.4 Å². The summed E-state index contributed by atoms with van der Waals surface area (Å²) in [5.41, 5.74) is 4.89. The molecule has 1 heterocycles. The van der Waals surface area contributed by atoms with Gasteiger partial charge in [0.25, 0.3) is 0 Å². The van der Waals surface area contributed by atoms with E-state index in [-0.39, 0.29) is 10.1 Å². The first-order chi connectivity index (χ1) is 15.3. The number of aryl methyl sites for hydroxylation is 3. The molecule has 0 spiro atoms. The molecule has 0 fully saturated rings. The van der Waals surface area contributed by atoms with Crippen LogP contribution in [0.25, 0.3) is 10.8 Å². The van der Waals surface area contributed by atoms with Gasteiger partial charge in [0.15, 0.2) is 5.16 Å². The van der Waals surface area contributed by atoms with Gasteiger partial charge < -0.3 is 0 Å². The number of rotatable bonds is 5. The Bertz CT molecular complexity index is 1410. The highest BCUT2D eigenvalue weighted by atomic mass is 32.2. The Balaban J connectivity index is 1.60. The fourth-order valence-electron chi connectivity index (χ4n) is 4.31. The molecule has 162 valence electrons. The van der Waals surface area contributed by atoms with Gasteiger partial charge in [-0.2, -0.15) is 0 Å². The fourth-order valence-corrected chi connectivity index (χ4v) is 6.92. The van der Waals surface area contributed by atoms with Crippen LogP contribution in [0.4, 0.5) is 0 Å². The standard InChI is InChI=1S/C25H23N3O2S2/c1-15-10-12-19(13-11-15)32(29,30)28-23-20-8-4-6-18-7-5-9-21(22(18)20)24(23)31-25-26-16(2)14-17(3)27-25/h4-14,23-24,28H,1-3H3/t23-,24+/m0/s1. The largest absolute Gasteiger partial charge is 0.241 e. The lowest BCUT2D eigenvalue weighted by Crippen LogP contribution is -2.30. The summed E-state index contributed by atoms with van der Waals surface area (Å²) < 4.78 is 29.6. The van der Waals surface area contributed by atoms with Gasteiger partial charge in [-0.15, -0.1) is 0 Å². The van der Waals surface area contributed by atoms with Gasteiger partial charge in [-0.05, 0) is 60.9 Å². The zero-order chi connectivity index (χ0) is 22.5. The second-order valence-electron chi connectivity index (χ2n) is 8.18. The molecule has 1 aliphatic rings. The SMILES string of the molecule is Cc1ccc(S(=O)(=O)N[C@H]2c3cccc4cccc(c34)[C@H]2Sc2nc(C)cc(C)n2)cc1. The summed E-state index contributed by atoms with van der Waals surface area (Å²) in [4.78, 5) is 9.46. The predicted octanol–water partition coefficient (Wildman–Crippen LogP) is 5.42. The average molecular weight is 462 g/mol. The highest BCUT2D eigenvalue weighted by Gasteiger charge is 2.38. The molecule has 0 saturated heterocycles. The number of nitrogens with one attached hydrogen (secondary N) is 1. The van der Waals surface area contributed by atoms with Crippen molar-refractivity contribution in [2.45, 2.75) is 42.1 Å². The maximum absolute atomic E-state index is 13.3. The van der Waals surface area contributed by atoms with Crippen LogP contribution in [0.3, 0.4) is 0 Å². The second kappa shape index (κ2) is 7.99. The quantitative estimate of drug-likeness (QED) is 0.402. The fraction of sp³-hybridized carbons (Fsp3) is 0.200. The van der Waals surface area contributed by atoms with Crippen LogP contribution in [0.2, 0.25) is 0 Å². The molecule has 7 heteroatoms. The third-order valence-corrected chi connectivity index (χ3v) is 8.35. The highest BCUT2D eigenvalue weighted by Crippen LogP contribution is 2.52. The van der Waals surface area contributed by atoms with Crippen molar-refractivity contribution in [2.75, 3.05) is 0 Å². The first-order valence-electron chi connectivity index (χ1n) is 10.4. The average Bonchev–Trinajstić information content (AvgIpc) is 3.02. The smallest absolute Gasteiger partial charge is 0.228 e. The topological polar surface area (TPSA) is 72.0 Å². The van der Waals surface area contributed by atoms with Crippen LogP contribution in [0.5, 0.6) is 0 Å². The summed E-state index contributed by atoms with van der Waals surface area (Å²) in [5.74, 6) is 0. The molecule has 32 heavy (non-hydrogen) atoms. The van der Waals surface area contributed by atoms with E-state index in [4.69, 9.17) is 0 Å². The Morgan fingerprint density at radius 1 is 0.844 bits per heavy atom. The number of nitrogens with zero attached hydrogens (tertiary/aromatic N) is 2. The maximum Gasteiger partial charge on any atom is 0.241 e. The van der Waals surface area contributed by atoms with E-state index in [2.05, 4.69) is 32.9 Å². The van der Waals surface area contributed by atoms with Gasteiger partial charge in [0.1, 0.15) is 0 Å². The molecular formula is C25H23N3O2S2. The summed E-state index contributed by atoms with van der Waals surface area (Å²) in [7, 11) is -3.72. The number of hydrogen-bond donors (Lipinski definition) is 1. The maximum atomic E-state index is 13.3. The van der Waals surface area contributed by atoms with E-state index in [9.17, 15) is 8.42 Å².